The van der Waals surface area contributed by atoms with Gasteiger partial charge in [0.25, 0.3) is 5.91 Å². The third-order valence-electron chi connectivity index (χ3n) is 6.62. The summed E-state index contributed by atoms with van der Waals surface area (Å²) in [4.78, 5) is 28.0. The van der Waals surface area contributed by atoms with Gasteiger partial charge in [0.15, 0.2) is 11.5 Å². The Kier molecular flexibility index (Phi) is 8.39. The summed E-state index contributed by atoms with van der Waals surface area (Å²) in [6.07, 6.45) is 6.40. The molecular formula is C29H30ClN6O3. The Labute approximate surface area is 232 Å². The van der Waals surface area contributed by atoms with Crippen molar-refractivity contribution >= 4 is 45.7 Å². The standard InChI is InChI=1S/C29H30ClN6O3/c1-19-6-4-11-36(19)12-5-13-39-26-16-24-23(15-25(26)38-2)28(33-18-32-24)34-22-9-10-27(31-17-22)35-29(37)20-7-3-8-21(30)14-20/h3,7-10,14-19H,1,4-6,11-13H2,2H3,(H,31,35,37)(H,32,33,34)/t19-/m1/s1. The fourth-order valence-corrected chi connectivity index (χ4v) is 4.76. The van der Waals surface area contributed by atoms with Crippen LogP contribution in [0.15, 0.2) is 61.1 Å². The highest BCUT2D eigenvalue weighted by molar-refractivity contribution is 6.31. The first-order chi connectivity index (χ1) is 19.0. The number of aromatic nitrogens is 3. The van der Waals surface area contributed by atoms with Crippen LogP contribution in [0, 0.1) is 6.92 Å². The largest absolute Gasteiger partial charge is 0.493 e. The van der Waals surface area contributed by atoms with E-state index in [1.54, 1.807) is 49.7 Å². The first kappa shape index (κ1) is 26.6. The molecule has 0 aliphatic carbocycles. The van der Waals surface area contributed by atoms with Gasteiger partial charge in [-0.25, -0.2) is 15.0 Å². The maximum atomic E-state index is 12.5. The first-order valence-electron chi connectivity index (χ1n) is 12.8. The van der Waals surface area contributed by atoms with Crippen LogP contribution in [0.1, 0.15) is 29.6 Å². The smallest absolute Gasteiger partial charge is 0.256 e. The number of fused-ring (bicyclic) bond motifs is 1. The number of anilines is 3. The lowest BCUT2D eigenvalue weighted by Gasteiger charge is -2.20. The van der Waals surface area contributed by atoms with Crippen LogP contribution < -0.4 is 20.1 Å². The van der Waals surface area contributed by atoms with Crippen LogP contribution in [0.25, 0.3) is 10.9 Å². The highest BCUT2D eigenvalue weighted by atomic mass is 35.5. The topological polar surface area (TPSA) is 102 Å². The summed E-state index contributed by atoms with van der Waals surface area (Å²) in [6.45, 7) is 6.86. The number of rotatable bonds is 10. The number of pyridine rings is 1. The van der Waals surface area contributed by atoms with Gasteiger partial charge in [-0.15, -0.1) is 0 Å². The Morgan fingerprint density at radius 1 is 1.15 bits per heavy atom. The molecule has 5 rings (SSSR count). The van der Waals surface area contributed by atoms with E-state index in [0.717, 1.165) is 36.8 Å². The Bertz CT molecular complexity index is 1450. The molecule has 2 N–H and O–H groups in total. The number of amides is 1. The predicted octanol–water partition coefficient (Wildman–Crippen LogP) is 5.75. The van der Waals surface area contributed by atoms with E-state index in [1.165, 1.54) is 12.7 Å². The third-order valence-corrected chi connectivity index (χ3v) is 6.86. The fraction of sp³-hybridized carbons (Fsp3) is 0.276. The van der Waals surface area contributed by atoms with Crippen LogP contribution >= 0.6 is 11.6 Å². The third kappa shape index (κ3) is 6.55. The van der Waals surface area contributed by atoms with Gasteiger partial charge in [-0.3, -0.25) is 4.79 Å². The van der Waals surface area contributed by atoms with Gasteiger partial charge < -0.3 is 25.0 Å². The van der Waals surface area contributed by atoms with Crippen molar-refractivity contribution in [2.24, 2.45) is 0 Å². The monoisotopic (exact) mass is 545 g/mol. The van der Waals surface area contributed by atoms with E-state index in [0.29, 0.717) is 52.1 Å². The van der Waals surface area contributed by atoms with Gasteiger partial charge in [0.05, 0.1) is 31.1 Å². The van der Waals surface area contributed by atoms with Crippen molar-refractivity contribution in [1.82, 2.24) is 19.9 Å². The van der Waals surface area contributed by atoms with Crippen LogP contribution in [0.2, 0.25) is 5.02 Å². The van der Waals surface area contributed by atoms with E-state index in [9.17, 15) is 4.79 Å². The van der Waals surface area contributed by atoms with Crippen molar-refractivity contribution in [3.63, 3.8) is 0 Å². The van der Waals surface area contributed by atoms with Crippen molar-refractivity contribution in [3.8, 4) is 11.5 Å². The zero-order valence-corrected chi connectivity index (χ0v) is 22.4. The van der Waals surface area contributed by atoms with Crippen LogP contribution in [0.5, 0.6) is 11.5 Å². The number of nitrogens with one attached hydrogen (secondary N) is 2. The molecule has 9 nitrogen and oxygen atoms in total. The van der Waals surface area contributed by atoms with Crippen molar-refractivity contribution < 1.29 is 14.3 Å². The molecular weight excluding hydrogens is 516 g/mol. The molecule has 1 radical (unpaired) electrons. The molecule has 2 aromatic carbocycles. The SMILES string of the molecule is [CH2][C@@H]1CCCN1CCCOc1cc2ncnc(Nc3ccc(NC(=O)c4cccc(Cl)c4)nc3)c2cc1OC. The molecule has 0 unspecified atom stereocenters. The molecule has 1 aliphatic heterocycles. The number of ether oxygens (including phenoxy) is 2. The summed E-state index contributed by atoms with van der Waals surface area (Å²) < 4.78 is 11.7. The van der Waals surface area contributed by atoms with Crippen molar-refractivity contribution in [3.05, 3.63) is 78.6 Å². The lowest BCUT2D eigenvalue weighted by Crippen LogP contribution is -2.29. The summed E-state index contributed by atoms with van der Waals surface area (Å²) in [5, 5.41) is 7.31. The second-order valence-corrected chi connectivity index (χ2v) is 9.73. The van der Waals surface area contributed by atoms with Gasteiger partial charge in [-0.1, -0.05) is 17.7 Å². The van der Waals surface area contributed by atoms with Crippen molar-refractivity contribution in [2.45, 2.75) is 25.3 Å². The average molecular weight is 546 g/mol. The zero-order chi connectivity index (χ0) is 27.2. The van der Waals surface area contributed by atoms with E-state index in [-0.39, 0.29) is 5.91 Å². The number of hydrogen-bond acceptors (Lipinski definition) is 8. The van der Waals surface area contributed by atoms with E-state index in [2.05, 4.69) is 37.4 Å². The molecule has 1 saturated heterocycles. The minimum atomic E-state index is -0.291. The van der Waals surface area contributed by atoms with Crippen molar-refractivity contribution in [2.75, 3.05) is 37.4 Å². The molecule has 3 heterocycles. The molecule has 0 bridgehead atoms. The quantitative estimate of drug-likeness (QED) is 0.243. The number of benzene rings is 2. The predicted molar refractivity (Wildman–Crippen MR) is 153 cm³/mol. The summed E-state index contributed by atoms with van der Waals surface area (Å²) in [7, 11) is 1.61. The second-order valence-electron chi connectivity index (χ2n) is 9.30. The van der Waals surface area contributed by atoms with Gasteiger partial charge in [0, 0.05) is 34.6 Å². The summed E-state index contributed by atoms with van der Waals surface area (Å²) in [5.41, 5.74) is 1.87. The summed E-state index contributed by atoms with van der Waals surface area (Å²) >= 11 is 5.98. The van der Waals surface area contributed by atoms with Crippen molar-refractivity contribution in [1.29, 1.82) is 0 Å². The van der Waals surface area contributed by atoms with E-state index >= 15 is 0 Å². The maximum absolute atomic E-state index is 12.5. The molecule has 0 saturated carbocycles. The molecule has 1 fully saturated rings. The number of nitrogens with zero attached hydrogens (tertiary/aromatic N) is 4. The summed E-state index contributed by atoms with van der Waals surface area (Å²) in [5.74, 6) is 1.97. The minimum absolute atomic E-state index is 0.291. The zero-order valence-electron chi connectivity index (χ0n) is 21.7. The van der Waals surface area contributed by atoms with E-state index in [4.69, 9.17) is 21.1 Å². The summed E-state index contributed by atoms with van der Waals surface area (Å²) in [6, 6.07) is 14.4. The molecule has 0 spiro atoms. The highest BCUT2D eigenvalue weighted by Crippen LogP contribution is 2.35. The van der Waals surface area contributed by atoms with E-state index in [1.807, 2.05) is 12.1 Å². The first-order valence-corrected chi connectivity index (χ1v) is 13.2. The fourth-order valence-electron chi connectivity index (χ4n) is 4.57. The van der Waals surface area contributed by atoms with E-state index < -0.39 is 0 Å². The van der Waals surface area contributed by atoms with Gasteiger partial charge >= 0.3 is 0 Å². The average Bonchev–Trinajstić information content (AvgIpc) is 3.36. The van der Waals surface area contributed by atoms with Gasteiger partial charge in [-0.05, 0) is 69.1 Å². The van der Waals surface area contributed by atoms with Crippen LogP contribution in [0.3, 0.4) is 0 Å². The van der Waals surface area contributed by atoms with Gasteiger partial charge in [0.2, 0.25) is 0 Å². The number of methoxy groups -OCH3 is 1. The Balaban J connectivity index is 1.25. The number of hydrogen-bond donors (Lipinski definition) is 2. The van der Waals surface area contributed by atoms with Gasteiger partial charge in [-0.2, -0.15) is 0 Å². The number of halogens is 1. The van der Waals surface area contributed by atoms with Crippen LogP contribution in [-0.4, -0.2) is 58.6 Å². The lowest BCUT2D eigenvalue weighted by atomic mass is 10.2. The Morgan fingerprint density at radius 2 is 2.05 bits per heavy atom. The molecule has 1 amide bonds. The van der Waals surface area contributed by atoms with Crippen LogP contribution in [-0.2, 0) is 0 Å². The number of carbonyl (C=O) groups excluding carboxylic acids is 1. The van der Waals surface area contributed by atoms with Crippen LogP contribution in [0.4, 0.5) is 17.3 Å². The Morgan fingerprint density at radius 3 is 2.79 bits per heavy atom. The molecule has 39 heavy (non-hydrogen) atoms. The maximum Gasteiger partial charge on any atom is 0.256 e. The normalized spacial score (nSPS) is 15.3. The molecule has 2 aromatic heterocycles. The number of carbonyl (C=O) groups is 1. The molecule has 201 valence electrons. The molecule has 4 aromatic rings. The highest BCUT2D eigenvalue weighted by Gasteiger charge is 2.19. The van der Waals surface area contributed by atoms with Gasteiger partial charge in [0.1, 0.15) is 18.0 Å². The minimum Gasteiger partial charge on any atom is -0.493 e. The molecule has 10 heteroatoms. The molecule has 1 atom stereocenters. The molecule has 1 aliphatic rings. The second kappa shape index (κ2) is 12.3. The Hall–Kier alpha value is -3.95. The number of likely N-dealkylation sites (tertiary alicyclic amines) is 1. The lowest BCUT2D eigenvalue weighted by molar-refractivity contribution is 0.102.